The third-order valence-corrected chi connectivity index (χ3v) is 3.10. The second kappa shape index (κ2) is 17.1. The summed E-state index contributed by atoms with van der Waals surface area (Å²) in [7, 11) is 0. The molecule has 108 valence electrons. The van der Waals surface area contributed by atoms with E-state index in [2.05, 4.69) is 30.6 Å². The smallest absolute Gasteiger partial charge is 0.0431 e. The van der Waals surface area contributed by atoms with E-state index in [-0.39, 0.29) is 0 Å². The summed E-state index contributed by atoms with van der Waals surface area (Å²) in [6, 6.07) is 0. The average molecular weight is 262 g/mol. The molecule has 0 heterocycles. The Balaban J connectivity index is 3.21. The third-order valence-electron chi connectivity index (χ3n) is 3.10. The molecule has 0 radical (unpaired) electrons. The van der Waals surface area contributed by atoms with Crippen molar-refractivity contribution in [1.82, 2.24) is 0 Å². The number of aliphatic hydroxyl groups is 1. The molecule has 0 spiro atoms. The summed E-state index contributed by atoms with van der Waals surface area (Å²) in [5, 5.41) is 8.64. The average Bonchev–Trinajstić information content (AvgIpc) is 2.43. The Kier molecular flexibility index (Phi) is 16.3. The van der Waals surface area contributed by atoms with Crippen LogP contribution in [-0.4, -0.2) is 11.7 Å². The highest BCUT2D eigenvalue weighted by molar-refractivity contribution is 5.25. The molecule has 0 rings (SSSR count). The SMILES string of the molecule is CCCCCC#CC#CCCCCCCCCCO. The lowest BCUT2D eigenvalue weighted by Gasteiger charge is -1.98. The molecule has 0 aliphatic carbocycles. The first-order valence-electron chi connectivity index (χ1n) is 7.98. The molecule has 0 saturated heterocycles. The Morgan fingerprint density at radius 3 is 1.63 bits per heavy atom. The summed E-state index contributed by atoms with van der Waals surface area (Å²) < 4.78 is 0. The molecule has 0 aromatic rings. The van der Waals surface area contributed by atoms with E-state index in [0.717, 1.165) is 19.3 Å². The van der Waals surface area contributed by atoms with Crippen LogP contribution in [0.25, 0.3) is 0 Å². The summed E-state index contributed by atoms with van der Waals surface area (Å²) in [5.74, 6) is 12.1. The lowest BCUT2D eigenvalue weighted by atomic mass is 10.1. The van der Waals surface area contributed by atoms with Gasteiger partial charge in [0.2, 0.25) is 0 Å². The molecule has 0 bridgehead atoms. The standard InChI is InChI=1S/C18H30O/c1-2-3-4-5-6-7-8-9-10-11-12-13-14-15-16-17-18-19/h19H,2-5,10-18H2,1H3. The van der Waals surface area contributed by atoms with Crippen LogP contribution < -0.4 is 0 Å². The quantitative estimate of drug-likeness (QED) is 0.423. The van der Waals surface area contributed by atoms with Gasteiger partial charge in [-0.25, -0.2) is 0 Å². The van der Waals surface area contributed by atoms with E-state index in [0.29, 0.717) is 6.61 Å². The van der Waals surface area contributed by atoms with Gasteiger partial charge < -0.3 is 5.11 Å². The minimum atomic E-state index is 0.342. The highest BCUT2D eigenvalue weighted by Gasteiger charge is 1.90. The fraction of sp³-hybridized carbons (Fsp3) is 0.778. The predicted molar refractivity (Wildman–Crippen MR) is 83.7 cm³/mol. The largest absolute Gasteiger partial charge is 0.396 e. The van der Waals surface area contributed by atoms with Gasteiger partial charge in [0.1, 0.15) is 0 Å². The molecule has 1 N–H and O–H groups in total. The van der Waals surface area contributed by atoms with Crippen LogP contribution in [0.15, 0.2) is 0 Å². The van der Waals surface area contributed by atoms with E-state index in [4.69, 9.17) is 5.11 Å². The first-order valence-corrected chi connectivity index (χ1v) is 7.98. The van der Waals surface area contributed by atoms with Crippen LogP contribution in [0.4, 0.5) is 0 Å². The van der Waals surface area contributed by atoms with Crippen molar-refractivity contribution in [3.8, 4) is 23.7 Å². The van der Waals surface area contributed by atoms with Gasteiger partial charge in [-0.05, 0) is 31.1 Å². The molecule has 0 amide bonds. The van der Waals surface area contributed by atoms with Gasteiger partial charge in [0.05, 0.1) is 0 Å². The van der Waals surface area contributed by atoms with Gasteiger partial charge in [0.15, 0.2) is 0 Å². The maximum atomic E-state index is 8.64. The number of hydrogen-bond acceptors (Lipinski definition) is 1. The van der Waals surface area contributed by atoms with Crippen LogP contribution in [0.3, 0.4) is 0 Å². The van der Waals surface area contributed by atoms with Crippen LogP contribution in [-0.2, 0) is 0 Å². The molecule has 0 saturated carbocycles. The Bertz CT molecular complexity index is 284. The fourth-order valence-corrected chi connectivity index (χ4v) is 1.89. The first kappa shape index (κ1) is 18.1. The Labute approximate surface area is 120 Å². The minimum Gasteiger partial charge on any atom is -0.396 e. The van der Waals surface area contributed by atoms with Gasteiger partial charge in [-0.15, -0.1) is 0 Å². The van der Waals surface area contributed by atoms with Crippen LogP contribution in [0.1, 0.15) is 84.0 Å². The van der Waals surface area contributed by atoms with E-state index in [1.807, 2.05) is 0 Å². The molecule has 0 aliphatic rings. The molecule has 19 heavy (non-hydrogen) atoms. The number of rotatable bonds is 11. The molecule has 0 unspecified atom stereocenters. The zero-order chi connectivity index (χ0) is 14.0. The van der Waals surface area contributed by atoms with Gasteiger partial charge in [-0.2, -0.15) is 0 Å². The van der Waals surface area contributed by atoms with Crippen molar-refractivity contribution < 1.29 is 5.11 Å². The molecular formula is C18H30O. The third kappa shape index (κ3) is 17.1. The molecule has 1 nitrogen and oxygen atoms in total. The molecule has 0 aromatic carbocycles. The zero-order valence-corrected chi connectivity index (χ0v) is 12.6. The molecule has 0 aromatic heterocycles. The summed E-state index contributed by atoms with van der Waals surface area (Å²) in [5.41, 5.74) is 0. The molecule has 1 heteroatoms. The van der Waals surface area contributed by atoms with E-state index in [1.54, 1.807) is 0 Å². The van der Waals surface area contributed by atoms with Crippen LogP contribution in [0.2, 0.25) is 0 Å². The van der Waals surface area contributed by atoms with E-state index in [1.165, 1.54) is 57.8 Å². The highest BCUT2D eigenvalue weighted by atomic mass is 16.2. The summed E-state index contributed by atoms with van der Waals surface area (Å²) in [6.45, 7) is 2.55. The number of hydrogen-bond donors (Lipinski definition) is 1. The summed E-state index contributed by atoms with van der Waals surface area (Å²) in [6.07, 6.45) is 14.2. The van der Waals surface area contributed by atoms with E-state index in [9.17, 15) is 0 Å². The van der Waals surface area contributed by atoms with Crippen LogP contribution in [0.5, 0.6) is 0 Å². The van der Waals surface area contributed by atoms with Gasteiger partial charge in [0, 0.05) is 19.4 Å². The lowest BCUT2D eigenvalue weighted by molar-refractivity contribution is 0.282. The van der Waals surface area contributed by atoms with Crippen LogP contribution >= 0.6 is 0 Å². The van der Waals surface area contributed by atoms with Gasteiger partial charge in [0.25, 0.3) is 0 Å². The van der Waals surface area contributed by atoms with Crippen molar-refractivity contribution in [1.29, 1.82) is 0 Å². The topological polar surface area (TPSA) is 20.2 Å². The number of aliphatic hydroxyl groups excluding tert-OH is 1. The predicted octanol–water partition coefficient (Wildman–Crippen LogP) is 4.69. The van der Waals surface area contributed by atoms with Crippen molar-refractivity contribution in [3.05, 3.63) is 0 Å². The molecule has 0 aliphatic heterocycles. The zero-order valence-electron chi connectivity index (χ0n) is 12.6. The van der Waals surface area contributed by atoms with Crippen molar-refractivity contribution >= 4 is 0 Å². The Morgan fingerprint density at radius 2 is 1.11 bits per heavy atom. The van der Waals surface area contributed by atoms with Crippen LogP contribution in [0, 0.1) is 23.7 Å². The molecule has 0 atom stereocenters. The number of unbranched alkanes of at least 4 members (excludes halogenated alkanes) is 10. The van der Waals surface area contributed by atoms with Crippen molar-refractivity contribution in [2.45, 2.75) is 84.0 Å². The van der Waals surface area contributed by atoms with Crippen molar-refractivity contribution in [2.24, 2.45) is 0 Å². The second-order valence-electron chi connectivity index (χ2n) is 5.01. The minimum absolute atomic E-state index is 0.342. The van der Waals surface area contributed by atoms with Crippen molar-refractivity contribution in [2.75, 3.05) is 6.61 Å². The fourth-order valence-electron chi connectivity index (χ4n) is 1.89. The van der Waals surface area contributed by atoms with Crippen molar-refractivity contribution in [3.63, 3.8) is 0 Å². The summed E-state index contributed by atoms with van der Waals surface area (Å²) in [4.78, 5) is 0. The Morgan fingerprint density at radius 1 is 0.632 bits per heavy atom. The van der Waals surface area contributed by atoms with Gasteiger partial charge >= 0.3 is 0 Å². The van der Waals surface area contributed by atoms with Gasteiger partial charge in [-0.3, -0.25) is 0 Å². The molecule has 0 fully saturated rings. The first-order chi connectivity index (χ1) is 9.41. The monoisotopic (exact) mass is 262 g/mol. The van der Waals surface area contributed by atoms with E-state index >= 15 is 0 Å². The second-order valence-corrected chi connectivity index (χ2v) is 5.01. The van der Waals surface area contributed by atoms with E-state index < -0.39 is 0 Å². The lowest BCUT2D eigenvalue weighted by Crippen LogP contribution is -1.83. The maximum Gasteiger partial charge on any atom is 0.0431 e. The highest BCUT2D eigenvalue weighted by Crippen LogP contribution is 2.07. The molecular weight excluding hydrogens is 232 g/mol. The normalized spacial score (nSPS) is 9.37. The Hall–Kier alpha value is -0.920. The summed E-state index contributed by atoms with van der Waals surface area (Å²) >= 11 is 0. The van der Waals surface area contributed by atoms with Gasteiger partial charge in [-0.1, -0.05) is 63.7 Å². The maximum absolute atomic E-state index is 8.64.